The van der Waals surface area contributed by atoms with Crippen molar-refractivity contribution < 1.29 is 14.3 Å². The second-order valence-corrected chi connectivity index (χ2v) is 13.1. The van der Waals surface area contributed by atoms with Gasteiger partial charge in [-0.1, -0.05) is 32.1 Å². The van der Waals surface area contributed by atoms with Crippen LogP contribution in [0.5, 0.6) is 6.01 Å². The third-order valence-electron chi connectivity index (χ3n) is 8.90. The van der Waals surface area contributed by atoms with Crippen LogP contribution in [0.4, 0.5) is 11.6 Å². The maximum atomic E-state index is 13.1. The highest BCUT2D eigenvalue weighted by Crippen LogP contribution is 2.27. The van der Waals surface area contributed by atoms with Crippen LogP contribution >= 0.6 is 0 Å². The summed E-state index contributed by atoms with van der Waals surface area (Å²) >= 11 is 0. The van der Waals surface area contributed by atoms with Gasteiger partial charge in [-0.15, -0.1) is 0 Å². The fourth-order valence-electron chi connectivity index (χ4n) is 5.99. The Morgan fingerprint density at radius 2 is 1.85 bits per heavy atom. The van der Waals surface area contributed by atoms with Crippen molar-refractivity contribution in [1.82, 2.24) is 34.7 Å². The van der Waals surface area contributed by atoms with Gasteiger partial charge < -0.3 is 30.5 Å². The molecule has 0 bridgehead atoms. The van der Waals surface area contributed by atoms with E-state index in [2.05, 4.69) is 46.8 Å². The van der Waals surface area contributed by atoms with Gasteiger partial charge in [0.15, 0.2) is 5.65 Å². The van der Waals surface area contributed by atoms with Gasteiger partial charge in [-0.05, 0) is 69.2 Å². The number of nitrogens with zero attached hydrogens (tertiary/aromatic N) is 6. The summed E-state index contributed by atoms with van der Waals surface area (Å²) in [5, 5.41) is 14.6. The molecule has 0 atom stereocenters. The van der Waals surface area contributed by atoms with E-state index in [9.17, 15) is 9.59 Å². The van der Waals surface area contributed by atoms with Crippen LogP contribution in [0.3, 0.4) is 0 Å². The van der Waals surface area contributed by atoms with Crippen molar-refractivity contribution in [1.29, 1.82) is 0 Å². The molecule has 1 saturated heterocycles. The summed E-state index contributed by atoms with van der Waals surface area (Å²) in [6.07, 6.45) is 10.8. The van der Waals surface area contributed by atoms with Crippen LogP contribution in [-0.2, 0) is 16.1 Å². The number of aromatic nitrogens is 4. The first-order chi connectivity index (χ1) is 22.2. The van der Waals surface area contributed by atoms with Crippen LogP contribution in [0.15, 0.2) is 42.6 Å². The largest absolute Gasteiger partial charge is 0.460 e. The van der Waals surface area contributed by atoms with E-state index in [4.69, 9.17) is 14.7 Å². The predicted molar refractivity (Wildman–Crippen MR) is 180 cm³/mol. The molecule has 0 unspecified atom stereocenters. The summed E-state index contributed by atoms with van der Waals surface area (Å²) in [5.41, 5.74) is 3.58. The number of carbonyl (C=O) groups is 2. The Balaban J connectivity index is 1.16. The second-order valence-electron chi connectivity index (χ2n) is 13.1. The monoisotopic (exact) mass is 631 g/mol. The highest BCUT2D eigenvalue weighted by Gasteiger charge is 2.26. The zero-order chi connectivity index (χ0) is 32.6. The molecule has 12 nitrogen and oxygen atoms in total. The van der Waals surface area contributed by atoms with Gasteiger partial charge in [0.25, 0.3) is 0 Å². The zero-order valence-corrected chi connectivity index (χ0v) is 27.8. The molecule has 5 rings (SSSR count). The van der Waals surface area contributed by atoms with Gasteiger partial charge in [-0.25, -0.2) is 0 Å². The number of piperidine rings is 1. The van der Waals surface area contributed by atoms with Crippen LogP contribution in [0.25, 0.3) is 5.65 Å². The molecule has 12 heteroatoms. The molecule has 248 valence electrons. The molecule has 0 spiro atoms. The number of anilines is 2. The Kier molecular flexibility index (Phi) is 11.2. The third kappa shape index (κ3) is 8.82. The third-order valence-corrected chi connectivity index (χ3v) is 8.90. The summed E-state index contributed by atoms with van der Waals surface area (Å²) in [6.45, 7) is 7.38. The minimum absolute atomic E-state index is 0.0158. The minimum atomic E-state index is -0.0198. The number of fused-ring (bicyclic) bond motifs is 1. The first kappa shape index (κ1) is 33.3. The van der Waals surface area contributed by atoms with E-state index in [-0.39, 0.29) is 29.8 Å². The molecule has 1 aromatic carbocycles. The van der Waals surface area contributed by atoms with Gasteiger partial charge in [0, 0.05) is 69.6 Å². The molecule has 1 aliphatic heterocycles. The Bertz CT molecular complexity index is 1500. The van der Waals surface area contributed by atoms with Crippen molar-refractivity contribution in [2.24, 2.45) is 5.92 Å². The quantitative estimate of drug-likeness (QED) is 0.254. The number of ether oxygens (including phenoxy) is 1. The average Bonchev–Trinajstić information content (AvgIpc) is 3.48. The van der Waals surface area contributed by atoms with Crippen molar-refractivity contribution >= 4 is 29.1 Å². The Hall–Kier alpha value is -4.03. The summed E-state index contributed by atoms with van der Waals surface area (Å²) in [5.74, 6) is 0.849. The molecule has 3 aromatic rings. The lowest BCUT2D eigenvalue weighted by molar-refractivity contribution is -0.123. The van der Waals surface area contributed by atoms with Gasteiger partial charge in [-0.3, -0.25) is 9.59 Å². The average molecular weight is 632 g/mol. The SMILES string of the molecule is CC(C)c1cnn2c(NCc3cccc(NC(=O)[C@H]4CC[C@@H](NC/C=C/C(=O)N(C)C)CC4)c3)nc(OC3CCN(C)CC3)nc12. The summed E-state index contributed by atoms with van der Waals surface area (Å²) in [7, 11) is 5.61. The molecule has 2 amide bonds. The first-order valence-corrected chi connectivity index (χ1v) is 16.5. The molecular weight excluding hydrogens is 582 g/mol. The van der Waals surface area contributed by atoms with Gasteiger partial charge >= 0.3 is 6.01 Å². The fourth-order valence-corrected chi connectivity index (χ4v) is 5.99. The summed E-state index contributed by atoms with van der Waals surface area (Å²) in [6, 6.07) is 8.63. The lowest BCUT2D eigenvalue weighted by atomic mass is 9.85. The molecule has 3 heterocycles. The molecule has 2 aromatic heterocycles. The number of amides is 2. The van der Waals surface area contributed by atoms with Crippen LogP contribution in [-0.4, -0.2) is 94.1 Å². The molecular formula is C34H49N9O3. The summed E-state index contributed by atoms with van der Waals surface area (Å²) in [4.78, 5) is 38.2. The van der Waals surface area contributed by atoms with Gasteiger partial charge in [0.1, 0.15) is 6.10 Å². The van der Waals surface area contributed by atoms with E-state index < -0.39 is 0 Å². The minimum Gasteiger partial charge on any atom is -0.460 e. The highest BCUT2D eigenvalue weighted by atomic mass is 16.5. The molecule has 46 heavy (non-hydrogen) atoms. The number of likely N-dealkylation sites (tertiary alicyclic amines) is 1. The molecule has 0 radical (unpaired) electrons. The number of nitrogens with one attached hydrogen (secondary N) is 3. The standard InChI is InChI=1S/C34H49N9O3/c1-23(2)29-22-37-43-31(29)39-34(46-28-15-18-42(5)19-16-28)40-33(43)36-21-24-8-6-9-27(20-24)38-32(45)25-11-13-26(14-12-25)35-17-7-10-30(44)41(3)4/h6-10,20,22-23,25-26,28,35H,11-19,21H2,1-5H3,(H,38,45)(H,36,39,40)/b10-7+/t25-,26+. The van der Waals surface area contributed by atoms with Gasteiger partial charge in [-0.2, -0.15) is 19.6 Å². The van der Waals surface area contributed by atoms with Crippen molar-refractivity contribution in [3.05, 3.63) is 53.7 Å². The normalized spacial score (nSPS) is 19.5. The second kappa shape index (κ2) is 15.5. The van der Waals surface area contributed by atoms with Crippen LogP contribution in [0, 0.1) is 5.92 Å². The molecule has 1 aliphatic carbocycles. The smallest absolute Gasteiger partial charge is 0.322 e. The number of hydrogen-bond donors (Lipinski definition) is 3. The van der Waals surface area contributed by atoms with E-state index in [0.29, 0.717) is 31.1 Å². The summed E-state index contributed by atoms with van der Waals surface area (Å²) < 4.78 is 8.02. The molecule has 2 aliphatic rings. The van der Waals surface area contributed by atoms with Crippen molar-refractivity contribution in [3.63, 3.8) is 0 Å². The van der Waals surface area contributed by atoms with E-state index in [1.165, 1.54) is 0 Å². The zero-order valence-electron chi connectivity index (χ0n) is 27.8. The van der Waals surface area contributed by atoms with Crippen LogP contribution in [0.1, 0.15) is 69.4 Å². The lowest BCUT2D eigenvalue weighted by Crippen LogP contribution is -2.36. The number of carbonyl (C=O) groups excluding carboxylic acids is 2. The van der Waals surface area contributed by atoms with Crippen LogP contribution < -0.4 is 20.7 Å². The van der Waals surface area contributed by atoms with Gasteiger partial charge in [0.05, 0.1) is 6.20 Å². The molecule has 1 saturated carbocycles. The Labute approximate surface area is 272 Å². The Morgan fingerprint density at radius 1 is 1.09 bits per heavy atom. The fraction of sp³-hybridized carbons (Fsp3) is 0.559. The van der Waals surface area contributed by atoms with E-state index in [1.807, 2.05) is 36.5 Å². The van der Waals surface area contributed by atoms with Crippen molar-refractivity contribution in [3.8, 4) is 6.01 Å². The molecule has 3 N–H and O–H groups in total. The lowest BCUT2D eigenvalue weighted by Gasteiger charge is -2.28. The van der Waals surface area contributed by atoms with Crippen LogP contribution in [0.2, 0.25) is 0 Å². The first-order valence-electron chi connectivity index (χ1n) is 16.5. The van der Waals surface area contributed by atoms with Crippen molar-refractivity contribution in [2.75, 3.05) is 51.4 Å². The maximum absolute atomic E-state index is 13.1. The van der Waals surface area contributed by atoms with Gasteiger partial charge in [0.2, 0.25) is 17.8 Å². The molecule has 2 fully saturated rings. The Morgan fingerprint density at radius 3 is 2.57 bits per heavy atom. The maximum Gasteiger partial charge on any atom is 0.322 e. The highest BCUT2D eigenvalue weighted by molar-refractivity contribution is 5.92. The number of likely N-dealkylation sites (N-methyl/N-ethyl adjacent to an activating group) is 1. The van der Waals surface area contributed by atoms with Crippen molar-refractivity contribution in [2.45, 2.75) is 77.0 Å². The number of benzene rings is 1. The van der Waals surface area contributed by atoms with E-state index >= 15 is 0 Å². The number of rotatable bonds is 12. The van der Waals surface area contributed by atoms with E-state index in [0.717, 1.165) is 74.1 Å². The topological polar surface area (TPSA) is 129 Å². The van der Waals surface area contributed by atoms with E-state index in [1.54, 1.807) is 29.6 Å². The number of hydrogen-bond acceptors (Lipinski definition) is 9. The predicted octanol–water partition coefficient (Wildman–Crippen LogP) is 4.06.